The van der Waals surface area contributed by atoms with Gasteiger partial charge in [0.25, 0.3) is 11.7 Å². The minimum Gasteiger partial charge on any atom is -0.416 e. The van der Waals surface area contributed by atoms with Crippen LogP contribution in [0.25, 0.3) is 0 Å². The Morgan fingerprint density at radius 2 is 1.74 bits per heavy atom. The van der Waals surface area contributed by atoms with E-state index in [0.717, 1.165) is 11.1 Å². The van der Waals surface area contributed by atoms with E-state index in [4.69, 9.17) is 21.1 Å². The fraction of sp³-hybridized carbons (Fsp3) is 0.423. The van der Waals surface area contributed by atoms with Crippen LogP contribution < -0.4 is 16.0 Å². The van der Waals surface area contributed by atoms with E-state index in [-0.39, 0.29) is 24.9 Å². The molecule has 1 spiro atoms. The summed E-state index contributed by atoms with van der Waals surface area (Å²) in [6.07, 6.45) is -5.09. The van der Waals surface area contributed by atoms with Crippen LogP contribution in [0, 0.1) is 0 Å². The number of carbonyl (C=O) groups excluding carboxylic acids is 3. The highest BCUT2D eigenvalue weighted by Crippen LogP contribution is 2.40. The Balaban J connectivity index is 1.51. The lowest BCUT2D eigenvalue weighted by atomic mass is 9.96. The predicted octanol–water partition coefficient (Wildman–Crippen LogP) is 4.20. The monoisotopic (exact) mass is 553 g/mol. The minimum atomic E-state index is -4.37. The summed E-state index contributed by atoms with van der Waals surface area (Å²) in [6, 6.07) is 8.70. The Morgan fingerprint density at radius 3 is 2.37 bits per heavy atom. The van der Waals surface area contributed by atoms with Gasteiger partial charge in [0.05, 0.1) is 36.5 Å². The van der Waals surface area contributed by atoms with E-state index in [9.17, 15) is 27.6 Å². The third-order valence-electron chi connectivity index (χ3n) is 6.27. The zero-order chi connectivity index (χ0) is 27.5. The number of hydrogen-bond acceptors (Lipinski definition) is 7. The van der Waals surface area contributed by atoms with Crippen LogP contribution in [0.4, 0.5) is 18.9 Å². The summed E-state index contributed by atoms with van der Waals surface area (Å²) in [5.74, 6) is -3.27. The summed E-state index contributed by atoms with van der Waals surface area (Å²) in [5, 5.41) is 9.21. The molecule has 1 saturated heterocycles. The lowest BCUT2D eigenvalue weighted by Gasteiger charge is -2.32. The van der Waals surface area contributed by atoms with Crippen LogP contribution >= 0.6 is 11.6 Å². The summed E-state index contributed by atoms with van der Waals surface area (Å²) < 4.78 is 48.9. The van der Waals surface area contributed by atoms with E-state index in [1.807, 2.05) is 0 Å². The van der Waals surface area contributed by atoms with Crippen LogP contribution in [0.2, 0.25) is 5.02 Å². The van der Waals surface area contributed by atoms with Gasteiger partial charge in [-0.3, -0.25) is 14.4 Å². The molecule has 0 bridgehead atoms. The van der Waals surface area contributed by atoms with Gasteiger partial charge in [0.15, 0.2) is 0 Å². The van der Waals surface area contributed by atoms with Crippen molar-refractivity contribution in [1.29, 1.82) is 0 Å². The molecular formula is C26H27ClF3N3O5. The van der Waals surface area contributed by atoms with E-state index in [1.165, 1.54) is 19.1 Å². The number of esters is 2. The molecule has 0 aromatic heterocycles. The van der Waals surface area contributed by atoms with E-state index in [2.05, 4.69) is 16.0 Å². The van der Waals surface area contributed by atoms with Crippen molar-refractivity contribution in [3.63, 3.8) is 0 Å². The maximum atomic E-state index is 12.5. The zero-order valence-electron chi connectivity index (χ0n) is 20.5. The highest BCUT2D eigenvalue weighted by atomic mass is 35.5. The normalized spacial score (nSPS) is 17.9. The molecule has 38 heavy (non-hydrogen) atoms. The van der Waals surface area contributed by atoms with E-state index < -0.39 is 42.3 Å². The molecule has 2 aromatic carbocycles. The van der Waals surface area contributed by atoms with Gasteiger partial charge in [-0.15, -0.1) is 0 Å². The number of benzene rings is 2. The van der Waals surface area contributed by atoms with Gasteiger partial charge in [-0.1, -0.05) is 23.7 Å². The molecule has 8 nitrogen and oxygen atoms in total. The lowest BCUT2D eigenvalue weighted by Crippen LogP contribution is -2.43. The molecule has 2 aromatic rings. The summed E-state index contributed by atoms with van der Waals surface area (Å²) in [6.45, 7) is 2.23. The van der Waals surface area contributed by atoms with Gasteiger partial charge in [0.2, 0.25) is 0 Å². The Kier molecular flexibility index (Phi) is 8.17. The first-order valence-electron chi connectivity index (χ1n) is 12.1. The SMILES string of the molecule is CC(CC(F)(F)F)NC(=O)c1ccc(CNc2c(Cl)ccc3c2CCNCC32OC(=O)CCC(=O)O2)cc1. The molecule has 1 fully saturated rings. The number of ether oxygens (including phenoxy) is 2. The van der Waals surface area contributed by atoms with Crippen molar-refractivity contribution in [3.05, 3.63) is 63.7 Å². The molecule has 1 atom stereocenters. The van der Waals surface area contributed by atoms with Crippen molar-refractivity contribution in [3.8, 4) is 0 Å². The molecular weight excluding hydrogens is 527 g/mol. The fourth-order valence-electron chi connectivity index (χ4n) is 4.54. The zero-order valence-corrected chi connectivity index (χ0v) is 21.3. The molecule has 1 amide bonds. The highest BCUT2D eigenvalue weighted by Gasteiger charge is 2.46. The average molecular weight is 554 g/mol. The van der Waals surface area contributed by atoms with Crippen LogP contribution in [-0.4, -0.2) is 43.2 Å². The maximum Gasteiger partial charge on any atom is 0.391 e. The van der Waals surface area contributed by atoms with Crippen LogP contribution in [0.5, 0.6) is 0 Å². The fourth-order valence-corrected chi connectivity index (χ4v) is 4.78. The smallest absolute Gasteiger partial charge is 0.391 e. The predicted molar refractivity (Wildman–Crippen MR) is 132 cm³/mol. The third kappa shape index (κ3) is 6.57. The summed E-state index contributed by atoms with van der Waals surface area (Å²) in [4.78, 5) is 36.9. The van der Waals surface area contributed by atoms with Gasteiger partial charge in [-0.25, -0.2) is 0 Å². The molecule has 3 N–H and O–H groups in total. The van der Waals surface area contributed by atoms with Gasteiger partial charge < -0.3 is 25.4 Å². The number of fused-ring (bicyclic) bond motifs is 2. The molecule has 12 heteroatoms. The largest absolute Gasteiger partial charge is 0.416 e. The van der Waals surface area contributed by atoms with E-state index >= 15 is 0 Å². The Bertz CT molecular complexity index is 1200. The van der Waals surface area contributed by atoms with Crippen molar-refractivity contribution >= 4 is 35.1 Å². The van der Waals surface area contributed by atoms with Crippen LogP contribution in [0.1, 0.15) is 53.2 Å². The molecule has 2 aliphatic heterocycles. The van der Waals surface area contributed by atoms with Crippen molar-refractivity contribution < 1.29 is 37.0 Å². The number of carbonyl (C=O) groups is 3. The number of rotatable bonds is 6. The molecule has 204 valence electrons. The quantitative estimate of drug-likeness (QED) is 0.460. The number of anilines is 1. The molecule has 0 radical (unpaired) electrons. The van der Waals surface area contributed by atoms with Gasteiger partial charge in [-0.2, -0.15) is 13.2 Å². The minimum absolute atomic E-state index is 0.0656. The van der Waals surface area contributed by atoms with Gasteiger partial charge >= 0.3 is 18.1 Å². The first-order chi connectivity index (χ1) is 18.0. The maximum absolute atomic E-state index is 12.5. The van der Waals surface area contributed by atoms with Crippen LogP contribution in [0.3, 0.4) is 0 Å². The number of alkyl halides is 3. The molecule has 2 heterocycles. The lowest BCUT2D eigenvalue weighted by molar-refractivity contribution is -0.225. The number of halogens is 4. The standard InChI is InChI=1S/C26H27ClF3N3O5/c1-15(12-26(28,29)30)33-24(36)17-4-2-16(3-5-17)13-32-23-18-10-11-31-14-25(19(18)6-7-20(23)27)37-21(34)8-9-22(35)38-25/h2-7,15,31-32H,8-14H2,1H3,(H,33,36). The van der Waals surface area contributed by atoms with Crippen molar-refractivity contribution in [2.24, 2.45) is 0 Å². The first-order valence-corrected chi connectivity index (χ1v) is 12.5. The topological polar surface area (TPSA) is 106 Å². The van der Waals surface area contributed by atoms with Gasteiger partial charge in [0, 0.05) is 23.7 Å². The Morgan fingerprint density at radius 1 is 1.08 bits per heavy atom. The second-order valence-electron chi connectivity index (χ2n) is 9.32. The Labute approximate surface area is 222 Å². The number of amides is 1. The van der Waals surface area contributed by atoms with E-state index in [1.54, 1.807) is 24.3 Å². The first kappa shape index (κ1) is 27.7. The van der Waals surface area contributed by atoms with Gasteiger partial charge in [0.1, 0.15) is 0 Å². The van der Waals surface area contributed by atoms with Crippen molar-refractivity contribution in [2.75, 3.05) is 18.4 Å². The summed E-state index contributed by atoms with van der Waals surface area (Å²) in [7, 11) is 0. The third-order valence-corrected chi connectivity index (χ3v) is 6.59. The van der Waals surface area contributed by atoms with Crippen molar-refractivity contribution in [1.82, 2.24) is 10.6 Å². The van der Waals surface area contributed by atoms with E-state index in [0.29, 0.717) is 35.8 Å². The average Bonchev–Trinajstić information content (AvgIpc) is 3.09. The Hall–Kier alpha value is -3.31. The molecule has 0 saturated carbocycles. The van der Waals surface area contributed by atoms with Crippen molar-refractivity contribution in [2.45, 2.75) is 57.2 Å². The number of nitrogens with one attached hydrogen (secondary N) is 3. The van der Waals surface area contributed by atoms with Crippen LogP contribution in [-0.2, 0) is 37.8 Å². The number of hydrogen-bond donors (Lipinski definition) is 3. The second-order valence-corrected chi connectivity index (χ2v) is 9.73. The molecule has 2 aliphatic rings. The summed E-state index contributed by atoms with van der Waals surface area (Å²) >= 11 is 6.53. The van der Waals surface area contributed by atoms with Crippen LogP contribution in [0.15, 0.2) is 36.4 Å². The highest BCUT2D eigenvalue weighted by molar-refractivity contribution is 6.33. The summed E-state index contributed by atoms with van der Waals surface area (Å²) in [5.41, 5.74) is 2.87. The molecule has 4 rings (SSSR count). The molecule has 0 aliphatic carbocycles. The molecule has 1 unspecified atom stereocenters. The van der Waals surface area contributed by atoms with Gasteiger partial charge in [-0.05, 0) is 55.3 Å². The second kappa shape index (κ2) is 11.2.